The lowest BCUT2D eigenvalue weighted by molar-refractivity contribution is 0.327. The molecular weight excluding hydrogens is 671 g/mol. The molecule has 6 rings (SSSR count). The Kier molecular flexibility index (Phi) is 8.33. The van der Waals surface area contributed by atoms with Crippen molar-refractivity contribution in [1.82, 2.24) is 0 Å². The highest BCUT2D eigenvalue weighted by Gasteiger charge is 2.37. The van der Waals surface area contributed by atoms with Crippen molar-refractivity contribution in [2.45, 2.75) is 44.0 Å². The van der Waals surface area contributed by atoms with Crippen LogP contribution in [0.2, 0.25) is 0 Å². The van der Waals surface area contributed by atoms with Crippen molar-refractivity contribution in [2.75, 3.05) is 11.9 Å². The monoisotopic (exact) mass is 704 g/mol. The lowest BCUT2D eigenvalue weighted by Crippen LogP contribution is -2.29. The van der Waals surface area contributed by atoms with Gasteiger partial charge in [0.15, 0.2) is 11.5 Å². The fourth-order valence-corrected chi connectivity index (χ4v) is 7.67. The summed E-state index contributed by atoms with van der Waals surface area (Å²) < 4.78 is 37.9. The van der Waals surface area contributed by atoms with Gasteiger partial charge < -0.3 is 14.2 Å². The third-order valence-corrected chi connectivity index (χ3v) is 10.0. The molecule has 0 amide bonds. The minimum Gasteiger partial charge on any atom is -0.490 e. The Morgan fingerprint density at radius 2 is 1.72 bits per heavy atom. The normalized spacial score (nSPS) is 19.1. The molecule has 0 saturated carbocycles. The highest BCUT2D eigenvalue weighted by Crippen LogP contribution is 2.50. The van der Waals surface area contributed by atoms with Crippen LogP contribution in [0.1, 0.15) is 53.1 Å². The Balaban J connectivity index is 1.21. The molecule has 4 aromatic rings. The summed E-state index contributed by atoms with van der Waals surface area (Å²) in [5.41, 5.74) is 7.70. The molecule has 2 aliphatic rings. The number of aliphatic imine (C=N–C) groups is 1. The molecular formula is C35H33IN2O4S. The molecule has 3 atom stereocenters. The van der Waals surface area contributed by atoms with Crippen LogP contribution >= 0.6 is 22.6 Å². The third kappa shape index (κ3) is 6.21. The minimum absolute atomic E-state index is 0.0906. The van der Waals surface area contributed by atoms with Crippen LogP contribution in [0, 0.1) is 23.3 Å². The van der Waals surface area contributed by atoms with E-state index in [9.17, 15) is 8.42 Å². The summed E-state index contributed by atoms with van der Waals surface area (Å²) in [5.74, 6) is 1.43. The van der Waals surface area contributed by atoms with E-state index in [-0.39, 0.29) is 16.7 Å². The van der Waals surface area contributed by atoms with Gasteiger partial charge in [0.25, 0.3) is 0 Å². The second kappa shape index (κ2) is 12.2. The molecule has 4 aromatic carbocycles. The Morgan fingerprint density at radius 1 is 0.977 bits per heavy atom. The molecule has 1 N–H and O–H groups in total. The van der Waals surface area contributed by atoms with Gasteiger partial charge in [-0.3, -0.25) is 4.99 Å². The maximum absolute atomic E-state index is 13.0. The lowest BCUT2D eigenvalue weighted by Gasteiger charge is -2.37. The maximum Gasteiger partial charge on any atom is 0.339 e. The van der Waals surface area contributed by atoms with E-state index in [1.165, 1.54) is 34.5 Å². The van der Waals surface area contributed by atoms with Crippen molar-refractivity contribution in [1.29, 1.82) is 0 Å². The molecule has 8 heteroatoms. The molecule has 0 unspecified atom stereocenters. The van der Waals surface area contributed by atoms with E-state index < -0.39 is 10.1 Å². The highest BCUT2D eigenvalue weighted by atomic mass is 127. The van der Waals surface area contributed by atoms with Gasteiger partial charge in [-0.2, -0.15) is 8.42 Å². The van der Waals surface area contributed by atoms with Gasteiger partial charge in [-0.25, -0.2) is 0 Å². The van der Waals surface area contributed by atoms with Crippen LogP contribution < -0.4 is 14.2 Å². The molecule has 1 aliphatic heterocycles. The number of aryl methyl sites for hydroxylation is 2. The maximum atomic E-state index is 13.0. The number of ether oxygens (including phenoxy) is 1. The van der Waals surface area contributed by atoms with Gasteiger partial charge in [-0.1, -0.05) is 59.7 Å². The molecule has 0 bridgehead atoms. The molecule has 0 fully saturated rings. The summed E-state index contributed by atoms with van der Waals surface area (Å²) in [6, 6.07) is 25.4. The van der Waals surface area contributed by atoms with Crippen LogP contribution in [0.15, 0.2) is 101 Å². The molecule has 43 heavy (non-hydrogen) atoms. The first kappa shape index (κ1) is 29.4. The predicted octanol–water partition coefficient (Wildman–Crippen LogP) is 8.65. The van der Waals surface area contributed by atoms with Crippen LogP contribution in [-0.2, 0) is 10.1 Å². The van der Waals surface area contributed by atoms with Gasteiger partial charge in [0.2, 0.25) is 0 Å². The summed E-state index contributed by atoms with van der Waals surface area (Å²) in [7, 11) is -4.03. The first-order valence-electron chi connectivity index (χ1n) is 14.4. The van der Waals surface area contributed by atoms with Crippen LogP contribution in [0.4, 0.5) is 11.4 Å². The van der Waals surface area contributed by atoms with E-state index in [0.717, 1.165) is 23.2 Å². The van der Waals surface area contributed by atoms with E-state index in [1.54, 1.807) is 24.4 Å². The number of halogens is 1. The number of anilines is 1. The van der Waals surface area contributed by atoms with Crippen molar-refractivity contribution in [2.24, 2.45) is 10.9 Å². The lowest BCUT2D eigenvalue weighted by atomic mass is 9.76. The van der Waals surface area contributed by atoms with Crippen molar-refractivity contribution < 1.29 is 17.3 Å². The third-order valence-electron chi connectivity index (χ3n) is 7.97. The number of allylic oxidation sites excluding steroid dienone is 2. The summed E-state index contributed by atoms with van der Waals surface area (Å²) in [5, 5.41) is 3.80. The molecule has 1 heterocycles. The van der Waals surface area contributed by atoms with Crippen molar-refractivity contribution in [3.05, 3.63) is 122 Å². The quantitative estimate of drug-likeness (QED) is 0.0861. The summed E-state index contributed by atoms with van der Waals surface area (Å²) in [4.78, 5) is 4.79. The van der Waals surface area contributed by atoms with E-state index >= 15 is 0 Å². The van der Waals surface area contributed by atoms with Gasteiger partial charge in [0.1, 0.15) is 4.90 Å². The first-order chi connectivity index (χ1) is 20.7. The Labute approximate surface area is 267 Å². The Morgan fingerprint density at radius 3 is 2.47 bits per heavy atom. The molecule has 0 aromatic heterocycles. The van der Waals surface area contributed by atoms with E-state index in [4.69, 9.17) is 13.9 Å². The van der Waals surface area contributed by atoms with Gasteiger partial charge in [-0.05, 0) is 115 Å². The van der Waals surface area contributed by atoms with E-state index in [2.05, 4.69) is 77.3 Å². The van der Waals surface area contributed by atoms with Gasteiger partial charge >= 0.3 is 10.1 Å². The Hall–Kier alpha value is -3.63. The molecule has 0 spiro atoms. The number of benzene rings is 4. The molecule has 0 saturated heterocycles. The standard InChI is InChI=1S/C35H33IN2O4S/c1-4-41-33-20-24(19-31(36)35(33)42-43(39,40)27-15-8-22(2)9-16-27)21-37-26-13-11-25(12-14-26)34-29-7-5-6-28(29)30-18-23(3)10-17-32(30)38-34/h5-6,8-21,28-29,34,38H,4,7H2,1-3H3/t28-,29-,34+/m1/s1. The molecule has 1 aliphatic carbocycles. The van der Waals surface area contributed by atoms with E-state index in [1.807, 2.05) is 32.0 Å². The van der Waals surface area contributed by atoms with Crippen LogP contribution in [0.5, 0.6) is 11.5 Å². The topological polar surface area (TPSA) is 77.0 Å². The summed E-state index contributed by atoms with van der Waals surface area (Å²) in [6.45, 7) is 6.25. The van der Waals surface area contributed by atoms with Gasteiger partial charge in [-0.15, -0.1) is 0 Å². The minimum atomic E-state index is -4.03. The largest absolute Gasteiger partial charge is 0.490 e. The van der Waals surface area contributed by atoms with E-state index in [0.29, 0.717) is 27.8 Å². The summed E-state index contributed by atoms with van der Waals surface area (Å²) >= 11 is 2.07. The zero-order valence-electron chi connectivity index (χ0n) is 24.3. The van der Waals surface area contributed by atoms with Crippen molar-refractivity contribution >= 4 is 50.3 Å². The number of hydrogen-bond donors (Lipinski definition) is 1. The molecule has 0 radical (unpaired) electrons. The zero-order valence-corrected chi connectivity index (χ0v) is 27.2. The molecule has 220 valence electrons. The summed E-state index contributed by atoms with van der Waals surface area (Å²) in [6.07, 6.45) is 7.49. The zero-order chi connectivity index (χ0) is 30.1. The fraction of sp³-hybridized carbons (Fsp3) is 0.229. The SMILES string of the molecule is CCOc1cc(C=Nc2ccc([C@@H]3Nc4ccc(C)cc4[C@@H]4C=CC[C@H]43)cc2)cc(I)c1OS(=O)(=O)c1ccc(C)cc1. The average molecular weight is 705 g/mol. The van der Waals surface area contributed by atoms with Crippen LogP contribution in [0.25, 0.3) is 0 Å². The Bertz CT molecular complexity index is 1820. The van der Waals surface area contributed by atoms with Gasteiger partial charge in [0.05, 0.1) is 21.9 Å². The highest BCUT2D eigenvalue weighted by molar-refractivity contribution is 14.1. The van der Waals surface area contributed by atoms with Crippen molar-refractivity contribution in [3.8, 4) is 11.5 Å². The second-order valence-electron chi connectivity index (χ2n) is 11.0. The number of hydrogen-bond acceptors (Lipinski definition) is 6. The van der Waals surface area contributed by atoms with Crippen LogP contribution in [-0.4, -0.2) is 21.2 Å². The first-order valence-corrected chi connectivity index (χ1v) is 16.9. The smallest absolute Gasteiger partial charge is 0.339 e. The van der Waals surface area contributed by atoms with Gasteiger partial charge in [0, 0.05) is 17.8 Å². The molecule has 6 nitrogen and oxygen atoms in total. The second-order valence-corrected chi connectivity index (χ2v) is 13.7. The van der Waals surface area contributed by atoms with Crippen LogP contribution in [0.3, 0.4) is 0 Å². The number of rotatable bonds is 8. The van der Waals surface area contributed by atoms with Crippen molar-refractivity contribution in [3.63, 3.8) is 0 Å². The fourth-order valence-electron chi connectivity index (χ4n) is 5.83. The predicted molar refractivity (Wildman–Crippen MR) is 181 cm³/mol. The number of nitrogens with zero attached hydrogens (tertiary/aromatic N) is 1. The average Bonchev–Trinajstić information content (AvgIpc) is 3.49. The number of fused-ring (bicyclic) bond motifs is 3. The number of nitrogens with one attached hydrogen (secondary N) is 1.